The van der Waals surface area contributed by atoms with Gasteiger partial charge in [-0.15, -0.1) is 6.58 Å². The highest BCUT2D eigenvalue weighted by molar-refractivity contribution is 5.70. The molecule has 1 atom stereocenters. The molecule has 0 unspecified atom stereocenters. The molecule has 3 nitrogen and oxygen atoms in total. The summed E-state index contributed by atoms with van der Waals surface area (Å²) < 4.78 is 4.78. The Labute approximate surface area is 66.4 Å². The van der Waals surface area contributed by atoms with Crippen LogP contribution in [-0.2, 0) is 4.74 Å². The van der Waals surface area contributed by atoms with Crippen molar-refractivity contribution in [1.82, 2.24) is 5.32 Å². The fourth-order valence-corrected chi connectivity index (χ4v) is 1.30. The minimum atomic E-state index is -0.325. The van der Waals surface area contributed by atoms with Crippen LogP contribution in [-0.4, -0.2) is 18.2 Å². The number of hydrogen-bond donors (Lipinski definition) is 1. The minimum Gasteiger partial charge on any atom is -0.447 e. The van der Waals surface area contributed by atoms with E-state index in [0.717, 1.165) is 12.0 Å². The largest absolute Gasteiger partial charge is 0.447 e. The van der Waals surface area contributed by atoms with Gasteiger partial charge in [-0.2, -0.15) is 0 Å². The average molecular weight is 155 g/mol. The summed E-state index contributed by atoms with van der Waals surface area (Å²) in [5.74, 6) is 0. The lowest BCUT2D eigenvalue weighted by atomic mass is 9.96. The zero-order valence-electron chi connectivity index (χ0n) is 6.94. The minimum absolute atomic E-state index is 0.233. The lowest BCUT2D eigenvalue weighted by Crippen LogP contribution is -2.40. The summed E-state index contributed by atoms with van der Waals surface area (Å²) in [4.78, 5) is 10.7. The summed E-state index contributed by atoms with van der Waals surface area (Å²) in [6.45, 7) is 8.12. The fourth-order valence-electron chi connectivity index (χ4n) is 1.30. The maximum atomic E-state index is 10.7. The molecule has 0 aliphatic carbocycles. The van der Waals surface area contributed by atoms with Gasteiger partial charge in [-0.1, -0.05) is 5.57 Å². The summed E-state index contributed by atoms with van der Waals surface area (Å²) in [5.41, 5.74) is 0.821. The van der Waals surface area contributed by atoms with E-state index in [4.69, 9.17) is 4.74 Å². The van der Waals surface area contributed by atoms with Gasteiger partial charge in [0.1, 0.15) is 6.61 Å². The average Bonchev–Trinajstić information content (AvgIpc) is 2.08. The predicted molar refractivity (Wildman–Crippen MR) is 42.3 cm³/mol. The second-order valence-electron chi connectivity index (χ2n) is 3.40. The van der Waals surface area contributed by atoms with Crippen LogP contribution < -0.4 is 5.32 Å². The first-order chi connectivity index (χ1) is 5.02. The number of carbonyl (C=O) groups excluding carboxylic acids is 1. The van der Waals surface area contributed by atoms with Crippen LogP contribution in [0.15, 0.2) is 12.2 Å². The zero-order valence-corrected chi connectivity index (χ0v) is 6.94. The van der Waals surface area contributed by atoms with Crippen molar-refractivity contribution in [2.75, 3.05) is 6.61 Å². The monoisotopic (exact) mass is 155 g/mol. The van der Waals surface area contributed by atoms with Gasteiger partial charge in [0.05, 0.1) is 5.54 Å². The van der Waals surface area contributed by atoms with Gasteiger partial charge in [0.15, 0.2) is 0 Å². The van der Waals surface area contributed by atoms with E-state index in [2.05, 4.69) is 11.9 Å². The molecule has 1 fully saturated rings. The molecule has 3 heteroatoms. The zero-order chi connectivity index (χ0) is 8.48. The first-order valence-electron chi connectivity index (χ1n) is 3.61. The first kappa shape index (κ1) is 8.11. The van der Waals surface area contributed by atoms with E-state index in [-0.39, 0.29) is 11.6 Å². The van der Waals surface area contributed by atoms with E-state index in [1.807, 2.05) is 13.8 Å². The number of carbonyl (C=O) groups is 1. The molecule has 1 heterocycles. The lowest BCUT2D eigenvalue weighted by Gasteiger charge is -2.20. The van der Waals surface area contributed by atoms with Gasteiger partial charge in [0.2, 0.25) is 0 Å². The molecular formula is C8H13NO2. The van der Waals surface area contributed by atoms with Crippen molar-refractivity contribution in [3.8, 4) is 0 Å². The maximum Gasteiger partial charge on any atom is 0.407 e. The van der Waals surface area contributed by atoms with Crippen molar-refractivity contribution in [1.29, 1.82) is 0 Å². The molecule has 1 N–H and O–H groups in total. The van der Waals surface area contributed by atoms with E-state index >= 15 is 0 Å². The summed E-state index contributed by atoms with van der Waals surface area (Å²) in [5, 5.41) is 2.74. The van der Waals surface area contributed by atoms with E-state index < -0.39 is 0 Å². The molecule has 0 saturated carbocycles. The van der Waals surface area contributed by atoms with Crippen molar-refractivity contribution in [2.24, 2.45) is 0 Å². The Morgan fingerprint density at radius 1 is 1.91 bits per heavy atom. The number of amides is 1. The van der Waals surface area contributed by atoms with Gasteiger partial charge in [-0.3, -0.25) is 0 Å². The Morgan fingerprint density at radius 3 is 2.91 bits per heavy atom. The number of nitrogens with one attached hydrogen (secondary N) is 1. The van der Waals surface area contributed by atoms with Gasteiger partial charge in [-0.25, -0.2) is 4.79 Å². The van der Waals surface area contributed by atoms with Crippen molar-refractivity contribution in [2.45, 2.75) is 25.8 Å². The molecule has 0 bridgehead atoms. The third-order valence-corrected chi connectivity index (χ3v) is 1.62. The van der Waals surface area contributed by atoms with Crippen LogP contribution in [0.1, 0.15) is 20.3 Å². The van der Waals surface area contributed by atoms with Crippen LogP contribution in [0, 0.1) is 0 Å². The highest BCUT2D eigenvalue weighted by Crippen LogP contribution is 2.19. The fraction of sp³-hybridized carbons (Fsp3) is 0.625. The third-order valence-electron chi connectivity index (χ3n) is 1.62. The van der Waals surface area contributed by atoms with Crippen LogP contribution in [0.4, 0.5) is 4.79 Å². The molecule has 0 aromatic carbocycles. The van der Waals surface area contributed by atoms with E-state index in [1.165, 1.54) is 0 Å². The standard InChI is InChI=1S/C8H13NO2/c1-6(2)4-8(3)5-11-7(10)9-8/h1,4-5H2,2-3H3,(H,9,10)/t8-/m0/s1. The molecule has 1 amide bonds. The van der Waals surface area contributed by atoms with Crippen LogP contribution in [0.5, 0.6) is 0 Å². The summed E-state index contributed by atoms with van der Waals surface area (Å²) in [7, 11) is 0. The molecule has 1 aliphatic rings. The number of ether oxygens (including phenoxy) is 1. The number of cyclic esters (lactones) is 1. The molecule has 0 spiro atoms. The van der Waals surface area contributed by atoms with Gasteiger partial charge in [-0.05, 0) is 20.3 Å². The van der Waals surface area contributed by atoms with Gasteiger partial charge < -0.3 is 10.1 Å². The van der Waals surface area contributed by atoms with Crippen molar-refractivity contribution in [3.05, 3.63) is 12.2 Å². The molecule has 11 heavy (non-hydrogen) atoms. The van der Waals surface area contributed by atoms with E-state index in [9.17, 15) is 4.79 Å². The normalized spacial score (nSPS) is 29.5. The molecule has 0 aromatic heterocycles. The summed E-state index contributed by atoms with van der Waals surface area (Å²) in [6, 6.07) is 0. The number of rotatable bonds is 2. The maximum absolute atomic E-state index is 10.7. The molecule has 1 aliphatic heterocycles. The highest BCUT2D eigenvalue weighted by Gasteiger charge is 2.34. The van der Waals surface area contributed by atoms with Crippen molar-refractivity contribution >= 4 is 6.09 Å². The molecule has 1 rings (SSSR count). The highest BCUT2D eigenvalue weighted by atomic mass is 16.6. The SMILES string of the molecule is C=C(C)C[C@@]1(C)COC(=O)N1. The second kappa shape index (κ2) is 2.57. The number of alkyl carbamates (subject to hydrolysis) is 1. The Morgan fingerprint density at radius 2 is 2.55 bits per heavy atom. The Hall–Kier alpha value is -0.990. The molecule has 0 radical (unpaired) electrons. The lowest BCUT2D eigenvalue weighted by molar-refractivity contribution is 0.173. The van der Waals surface area contributed by atoms with E-state index in [0.29, 0.717) is 6.61 Å². The van der Waals surface area contributed by atoms with Crippen LogP contribution in [0.2, 0.25) is 0 Å². The van der Waals surface area contributed by atoms with Gasteiger partial charge in [0.25, 0.3) is 0 Å². The third kappa shape index (κ3) is 1.97. The number of hydrogen-bond acceptors (Lipinski definition) is 2. The molecular weight excluding hydrogens is 142 g/mol. The Kier molecular flexibility index (Phi) is 1.89. The van der Waals surface area contributed by atoms with Crippen molar-refractivity contribution < 1.29 is 9.53 Å². The molecule has 62 valence electrons. The first-order valence-corrected chi connectivity index (χ1v) is 3.61. The van der Waals surface area contributed by atoms with E-state index in [1.54, 1.807) is 0 Å². The van der Waals surface area contributed by atoms with Gasteiger partial charge >= 0.3 is 6.09 Å². The predicted octanol–water partition coefficient (Wildman–Crippen LogP) is 1.45. The van der Waals surface area contributed by atoms with Crippen LogP contribution >= 0.6 is 0 Å². The molecule has 0 aromatic rings. The quantitative estimate of drug-likeness (QED) is 0.613. The Bertz CT molecular complexity index is 200. The second-order valence-corrected chi connectivity index (χ2v) is 3.40. The van der Waals surface area contributed by atoms with Crippen LogP contribution in [0.25, 0.3) is 0 Å². The smallest absolute Gasteiger partial charge is 0.407 e. The topological polar surface area (TPSA) is 38.3 Å². The van der Waals surface area contributed by atoms with Crippen LogP contribution in [0.3, 0.4) is 0 Å². The van der Waals surface area contributed by atoms with Gasteiger partial charge in [0, 0.05) is 0 Å². The summed E-state index contributed by atoms with van der Waals surface area (Å²) >= 11 is 0. The summed E-state index contributed by atoms with van der Waals surface area (Å²) in [6.07, 6.45) is 0.451. The van der Waals surface area contributed by atoms with Crippen molar-refractivity contribution in [3.63, 3.8) is 0 Å². The molecule has 1 saturated heterocycles. The Balaban J connectivity index is 2.55.